The number of piperidine rings is 1. The first kappa shape index (κ1) is 18.2. The molecule has 27 heavy (non-hydrogen) atoms. The summed E-state index contributed by atoms with van der Waals surface area (Å²) in [6.45, 7) is 3.18. The minimum absolute atomic E-state index is 0.0628. The number of carbonyl (C=O) groups excluding carboxylic acids is 1. The Morgan fingerprint density at radius 1 is 1.33 bits per heavy atom. The van der Waals surface area contributed by atoms with E-state index in [1.807, 2.05) is 24.3 Å². The number of halogens is 1. The van der Waals surface area contributed by atoms with Crippen LogP contribution in [-0.2, 0) is 11.3 Å². The molecule has 2 saturated heterocycles. The first-order valence-corrected chi connectivity index (χ1v) is 9.73. The van der Waals surface area contributed by atoms with E-state index in [4.69, 9.17) is 11.6 Å². The molecule has 142 valence electrons. The van der Waals surface area contributed by atoms with Crippen LogP contribution in [0.15, 0.2) is 42.7 Å². The standard InChI is InChI=1S/C20H24ClN5O/c1-22-18(27)20-7-3-10-26(19-23-8-4-9-24-19)17(20)13-25(14-20)12-15-5-2-6-16(21)11-15/h2,4-6,8-9,11,17H,3,7,10,12-14H2,1H3,(H,22,27)/t17-,20-/m1/s1. The van der Waals surface area contributed by atoms with Crippen molar-refractivity contribution in [1.82, 2.24) is 20.2 Å². The van der Waals surface area contributed by atoms with Crippen LogP contribution in [0.2, 0.25) is 5.02 Å². The molecule has 1 N–H and O–H groups in total. The van der Waals surface area contributed by atoms with Crippen molar-refractivity contribution < 1.29 is 4.79 Å². The highest BCUT2D eigenvalue weighted by Gasteiger charge is 2.55. The fourth-order valence-electron chi connectivity index (χ4n) is 4.63. The molecule has 3 heterocycles. The number of fused-ring (bicyclic) bond motifs is 1. The molecule has 0 aliphatic carbocycles. The third-order valence-electron chi connectivity index (χ3n) is 5.76. The molecule has 0 bridgehead atoms. The number of aromatic nitrogens is 2. The van der Waals surface area contributed by atoms with Gasteiger partial charge in [0.25, 0.3) is 0 Å². The lowest BCUT2D eigenvalue weighted by Gasteiger charge is -2.44. The number of hydrogen-bond acceptors (Lipinski definition) is 5. The van der Waals surface area contributed by atoms with Gasteiger partial charge >= 0.3 is 0 Å². The van der Waals surface area contributed by atoms with E-state index in [9.17, 15) is 4.79 Å². The number of nitrogens with zero attached hydrogens (tertiary/aromatic N) is 4. The Bertz CT molecular complexity index is 817. The van der Waals surface area contributed by atoms with Crippen molar-refractivity contribution in [3.8, 4) is 0 Å². The van der Waals surface area contributed by atoms with Gasteiger partial charge in [-0.05, 0) is 36.6 Å². The lowest BCUT2D eigenvalue weighted by atomic mass is 9.74. The van der Waals surface area contributed by atoms with Crippen LogP contribution in [0.25, 0.3) is 0 Å². The molecule has 2 aliphatic rings. The molecule has 2 fully saturated rings. The van der Waals surface area contributed by atoms with E-state index in [0.717, 1.165) is 49.6 Å². The van der Waals surface area contributed by atoms with E-state index in [1.165, 1.54) is 0 Å². The summed E-state index contributed by atoms with van der Waals surface area (Å²) in [5.74, 6) is 0.821. The summed E-state index contributed by atoms with van der Waals surface area (Å²) in [5.41, 5.74) is 0.723. The van der Waals surface area contributed by atoms with E-state index in [1.54, 1.807) is 19.4 Å². The van der Waals surface area contributed by atoms with Gasteiger partial charge in [0.1, 0.15) is 0 Å². The molecule has 2 atom stereocenters. The van der Waals surface area contributed by atoms with Crippen LogP contribution in [0.1, 0.15) is 18.4 Å². The number of likely N-dealkylation sites (tertiary alicyclic amines) is 1. The summed E-state index contributed by atoms with van der Waals surface area (Å²) in [6.07, 6.45) is 5.36. The van der Waals surface area contributed by atoms with Gasteiger partial charge in [-0.3, -0.25) is 9.69 Å². The minimum Gasteiger partial charge on any atom is -0.359 e. The highest BCUT2D eigenvalue weighted by molar-refractivity contribution is 6.30. The Kier molecular flexibility index (Phi) is 5.02. The molecular weight excluding hydrogens is 362 g/mol. The zero-order valence-corrected chi connectivity index (χ0v) is 16.2. The monoisotopic (exact) mass is 385 g/mol. The second kappa shape index (κ2) is 7.44. The zero-order valence-electron chi connectivity index (χ0n) is 15.4. The highest BCUT2D eigenvalue weighted by atomic mass is 35.5. The number of anilines is 1. The van der Waals surface area contributed by atoms with Gasteiger partial charge in [-0.1, -0.05) is 23.7 Å². The molecule has 0 spiro atoms. The second-order valence-corrected chi connectivity index (χ2v) is 7.83. The van der Waals surface area contributed by atoms with Crippen molar-refractivity contribution in [3.05, 3.63) is 53.3 Å². The molecule has 2 aromatic rings. The molecule has 0 saturated carbocycles. The highest BCUT2D eigenvalue weighted by Crippen LogP contribution is 2.43. The van der Waals surface area contributed by atoms with Crippen LogP contribution in [0, 0.1) is 5.41 Å². The fourth-order valence-corrected chi connectivity index (χ4v) is 4.84. The summed E-state index contributed by atoms with van der Waals surface area (Å²) in [4.78, 5) is 26.4. The summed E-state index contributed by atoms with van der Waals surface area (Å²) < 4.78 is 0. The summed E-state index contributed by atoms with van der Waals surface area (Å²) >= 11 is 6.15. The number of benzene rings is 1. The molecule has 2 aliphatic heterocycles. The third kappa shape index (κ3) is 3.39. The Hall–Kier alpha value is -2.18. The van der Waals surface area contributed by atoms with Crippen molar-refractivity contribution in [3.63, 3.8) is 0 Å². The molecule has 1 amide bonds. The smallest absolute Gasteiger partial charge is 0.229 e. The maximum atomic E-state index is 13.0. The number of amides is 1. The van der Waals surface area contributed by atoms with Crippen LogP contribution in [-0.4, -0.2) is 53.5 Å². The molecule has 0 unspecified atom stereocenters. The number of nitrogens with one attached hydrogen (secondary N) is 1. The van der Waals surface area contributed by atoms with Crippen LogP contribution in [0.3, 0.4) is 0 Å². The first-order chi connectivity index (χ1) is 13.1. The van der Waals surface area contributed by atoms with Crippen molar-refractivity contribution in [2.24, 2.45) is 5.41 Å². The van der Waals surface area contributed by atoms with Gasteiger partial charge < -0.3 is 10.2 Å². The predicted molar refractivity (Wildman–Crippen MR) is 106 cm³/mol. The largest absolute Gasteiger partial charge is 0.359 e. The molecular formula is C20H24ClN5O. The normalized spacial score (nSPS) is 25.3. The van der Waals surface area contributed by atoms with E-state index in [-0.39, 0.29) is 11.9 Å². The van der Waals surface area contributed by atoms with Crippen molar-refractivity contribution in [2.75, 3.05) is 31.6 Å². The van der Waals surface area contributed by atoms with Gasteiger partial charge in [-0.15, -0.1) is 0 Å². The summed E-state index contributed by atoms with van der Waals surface area (Å²) in [6, 6.07) is 9.81. The maximum absolute atomic E-state index is 13.0. The molecule has 0 radical (unpaired) electrons. The van der Waals surface area contributed by atoms with Gasteiger partial charge in [0, 0.05) is 50.6 Å². The molecule has 7 heteroatoms. The molecule has 6 nitrogen and oxygen atoms in total. The molecule has 1 aromatic carbocycles. The van der Waals surface area contributed by atoms with Gasteiger partial charge in [-0.25, -0.2) is 9.97 Å². The van der Waals surface area contributed by atoms with E-state index in [2.05, 4.69) is 31.2 Å². The van der Waals surface area contributed by atoms with E-state index in [0.29, 0.717) is 5.95 Å². The van der Waals surface area contributed by atoms with Crippen molar-refractivity contribution in [2.45, 2.75) is 25.4 Å². The molecule has 4 rings (SSSR count). The Balaban J connectivity index is 1.64. The summed E-state index contributed by atoms with van der Waals surface area (Å²) in [7, 11) is 1.73. The number of rotatable bonds is 4. The minimum atomic E-state index is -0.440. The quantitative estimate of drug-likeness (QED) is 0.875. The molecule has 1 aromatic heterocycles. The Labute approximate surface area is 164 Å². The van der Waals surface area contributed by atoms with Crippen molar-refractivity contribution in [1.29, 1.82) is 0 Å². The lowest BCUT2D eigenvalue weighted by Crippen LogP contribution is -2.58. The Morgan fingerprint density at radius 3 is 2.89 bits per heavy atom. The van der Waals surface area contributed by atoms with Gasteiger partial charge in [0.15, 0.2) is 0 Å². The lowest BCUT2D eigenvalue weighted by molar-refractivity contribution is -0.131. The Morgan fingerprint density at radius 2 is 2.15 bits per heavy atom. The van der Waals surface area contributed by atoms with Crippen LogP contribution >= 0.6 is 11.6 Å². The van der Waals surface area contributed by atoms with E-state index >= 15 is 0 Å². The zero-order chi connectivity index (χ0) is 18.9. The van der Waals surface area contributed by atoms with Crippen LogP contribution in [0.5, 0.6) is 0 Å². The third-order valence-corrected chi connectivity index (χ3v) is 5.99. The van der Waals surface area contributed by atoms with Crippen LogP contribution in [0.4, 0.5) is 5.95 Å². The van der Waals surface area contributed by atoms with Crippen LogP contribution < -0.4 is 10.2 Å². The topological polar surface area (TPSA) is 61.4 Å². The van der Waals surface area contributed by atoms with Gasteiger partial charge in [0.05, 0.1) is 11.5 Å². The average molecular weight is 386 g/mol. The first-order valence-electron chi connectivity index (χ1n) is 9.35. The fraction of sp³-hybridized carbons (Fsp3) is 0.450. The average Bonchev–Trinajstić information content (AvgIpc) is 3.07. The number of hydrogen-bond donors (Lipinski definition) is 1. The van der Waals surface area contributed by atoms with E-state index < -0.39 is 5.41 Å². The van der Waals surface area contributed by atoms with Gasteiger partial charge in [-0.2, -0.15) is 0 Å². The predicted octanol–water partition coefficient (Wildman–Crippen LogP) is 2.35. The SMILES string of the molecule is CNC(=O)[C@@]12CCCN(c3ncccn3)[C@@H]1CN(Cc1cccc(Cl)c1)C2. The second-order valence-electron chi connectivity index (χ2n) is 7.40. The van der Waals surface area contributed by atoms with Crippen molar-refractivity contribution >= 4 is 23.5 Å². The number of carbonyl (C=O) groups is 1. The van der Waals surface area contributed by atoms with Gasteiger partial charge in [0.2, 0.25) is 11.9 Å². The maximum Gasteiger partial charge on any atom is 0.229 e. The summed E-state index contributed by atoms with van der Waals surface area (Å²) in [5, 5.41) is 3.65.